The van der Waals surface area contributed by atoms with Crippen LogP contribution in [0.15, 0.2) is 45.7 Å². The van der Waals surface area contributed by atoms with Gasteiger partial charge in [-0.3, -0.25) is 9.00 Å². The summed E-state index contributed by atoms with van der Waals surface area (Å²) in [6, 6.07) is 10.5. The predicted octanol–water partition coefficient (Wildman–Crippen LogP) is 4.62. The van der Waals surface area contributed by atoms with Crippen molar-refractivity contribution in [3.05, 3.63) is 47.9 Å². The summed E-state index contributed by atoms with van der Waals surface area (Å²) in [7, 11) is 0.344. The first-order chi connectivity index (χ1) is 15.1. The van der Waals surface area contributed by atoms with Gasteiger partial charge in [0.05, 0.1) is 23.7 Å². The van der Waals surface area contributed by atoms with Gasteiger partial charge in [0, 0.05) is 11.4 Å². The second-order valence-electron chi connectivity index (χ2n) is 7.59. The average molecular weight is 449 g/mol. The van der Waals surface area contributed by atoms with Crippen LogP contribution >= 0.6 is 0 Å². The third-order valence-corrected chi connectivity index (χ3v) is 6.42. The van der Waals surface area contributed by atoms with Crippen LogP contribution in [0.2, 0.25) is 0 Å². The van der Waals surface area contributed by atoms with Crippen LogP contribution in [-0.2, 0) is 16.6 Å². The van der Waals surface area contributed by atoms with Crippen LogP contribution in [0.25, 0.3) is 0 Å². The van der Waals surface area contributed by atoms with Crippen LogP contribution in [-0.4, -0.2) is 48.3 Å². The number of amides is 1. The molecular weight excluding hydrogens is 412 g/mol. The van der Waals surface area contributed by atoms with Gasteiger partial charge < -0.3 is 19.4 Å². The van der Waals surface area contributed by atoms with Gasteiger partial charge in [0.15, 0.2) is 5.76 Å². The van der Waals surface area contributed by atoms with Crippen LogP contribution in [0.1, 0.15) is 62.3 Å². The number of ether oxygens (including phenoxy) is 1. The first-order valence-corrected chi connectivity index (χ1v) is 12.5. The molecule has 0 spiro atoms. The Hall–Kier alpha value is -2.12. The fraction of sp³-hybridized carbons (Fsp3) is 0.542. The first kappa shape index (κ1) is 25.1. The summed E-state index contributed by atoms with van der Waals surface area (Å²) >= 11 is 0. The smallest absolute Gasteiger partial charge is 0.286 e. The highest BCUT2D eigenvalue weighted by Gasteiger charge is 2.14. The molecule has 2 aromatic rings. The topological polar surface area (TPSA) is 71.8 Å². The van der Waals surface area contributed by atoms with Crippen molar-refractivity contribution in [3.63, 3.8) is 0 Å². The van der Waals surface area contributed by atoms with Crippen molar-refractivity contribution < 1.29 is 18.2 Å². The molecule has 0 bridgehead atoms. The second kappa shape index (κ2) is 14.0. The number of benzene rings is 1. The SMILES string of the molecule is CCCCN(CCCC)CCCNC(=O)c1ccc(C[S@](=O)c2ccc(OC)cc2)o1. The number of hydrogen-bond donors (Lipinski definition) is 1. The van der Waals surface area contributed by atoms with Gasteiger partial charge in [-0.25, -0.2) is 0 Å². The molecule has 6 nitrogen and oxygen atoms in total. The lowest BCUT2D eigenvalue weighted by molar-refractivity contribution is 0.0922. The van der Waals surface area contributed by atoms with Crippen molar-refractivity contribution in [3.8, 4) is 5.75 Å². The van der Waals surface area contributed by atoms with Crippen molar-refractivity contribution in [2.45, 2.75) is 56.6 Å². The van der Waals surface area contributed by atoms with Gasteiger partial charge in [-0.2, -0.15) is 0 Å². The largest absolute Gasteiger partial charge is 0.497 e. The molecule has 2 rings (SSSR count). The summed E-state index contributed by atoms with van der Waals surface area (Å²) in [5.74, 6) is 1.51. The predicted molar refractivity (Wildman–Crippen MR) is 125 cm³/mol. The second-order valence-corrected chi connectivity index (χ2v) is 9.04. The Kier molecular flexibility index (Phi) is 11.4. The van der Waals surface area contributed by atoms with E-state index in [1.807, 2.05) is 0 Å². The summed E-state index contributed by atoms with van der Waals surface area (Å²) in [5.41, 5.74) is 0. The molecule has 0 aliphatic carbocycles. The number of carbonyl (C=O) groups is 1. The molecule has 0 aliphatic heterocycles. The number of rotatable bonds is 15. The van der Waals surface area contributed by atoms with Gasteiger partial charge >= 0.3 is 0 Å². The van der Waals surface area contributed by atoms with E-state index in [2.05, 4.69) is 24.1 Å². The molecule has 7 heteroatoms. The van der Waals surface area contributed by atoms with Gasteiger partial charge in [0.1, 0.15) is 11.5 Å². The molecule has 0 saturated heterocycles. The zero-order valence-electron chi connectivity index (χ0n) is 19.0. The zero-order valence-corrected chi connectivity index (χ0v) is 19.8. The molecule has 172 valence electrons. The highest BCUT2D eigenvalue weighted by molar-refractivity contribution is 7.84. The normalized spacial score (nSPS) is 12.1. The van der Waals surface area contributed by atoms with Crippen LogP contribution in [0.3, 0.4) is 0 Å². The molecule has 1 amide bonds. The Morgan fingerprint density at radius 3 is 2.26 bits per heavy atom. The summed E-state index contributed by atoms with van der Waals surface area (Å²) in [6.07, 6.45) is 5.73. The van der Waals surface area contributed by atoms with Crippen molar-refractivity contribution >= 4 is 16.7 Å². The Labute approximate surface area is 188 Å². The van der Waals surface area contributed by atoms with E-state index < -0.39 is 10.8 Å². The molecule has 1 N–H and O–H groups in total. The van der Waals surface area contributed by atoms with Gasteiger partial charge in [-0.1, -0.05) is 26.7 Å². The third-order valence-electron chi connectivity index (χ3n) is 5.07. The molecule has 0 unspecified atom stereocenters. The summed E-state index contributed by atoms with van der Waals surface area (Å²) in [5, 5.41) is 2.93. The van der Waals surface area contributed by atoms with E-state index in [-0.39, 0.29) is 17.4 Å². The Morgan fingerprint density at radius 1 is 1.00 bits per heavy atom. The number of hydrogen-bond acceptors (Lipinski definition) is 5. The molecule has 0 fully saturated rings. The minimum absolute atomic E-state index is 0.226. The van der Waals surface area contributed by atoms with Crippen molar-refractivity contribution in [2.24, 2.45) is 0 Å². The molecule has 1 atom stereocenters. The zero-order chi connectivity index (χ0) is 22.5. The molecule has 0 aliphatic rings. The Morgan fingerprint density at radius 2 is 1.65 bits per heavy atom. The number of methoxy groups -OCH3 is 1. The maximum Gasteiger partial charge on any atom is 0.286 e. The fourth-order valence-corrected chi connectivity index (χ4v) is 4.23. The van der Waals surface area contributed by atoms with E-state index in [4.69, 9.17) is 9.15 Å². The fourth-order valence-electron chi connectivity index (χ4n) is 3.21. The van der Waals surface area contributed by atoms with E-state index in [9.17, 15) is 9.00 Å². The number of furan rings is 1. The number of nitrogens with zero attached hydrogens (tertiary/aromatic N) is 1. The maximum atomic E-state index is 12.5. The highest BCUT2D eigenvalue weighted by Crippen LogP contribution is 2.18. The van der Waals surface area contributed by atoms with E-state index in [0.29, 0.717) is 17.2 Å². The third kappa shape index (κ3) is 8.87. The summed E-state index contributed by atoms with van der Waals surface area (Å²) in [4.78, 5) is 15.5. The van der Waals surface area contributed by atoms with Crippen molar-refractivity contribution in [1.29, 1.82) is 0 Å². The average Bonchev–Trinajstić information content (AvgIpc) is 3.26. The van der Waals surface area contributed by atoms with Gasteiger partial charge in [-0.15, -0.1) is 0 Å². The molecule has 0 radical (unpaired) electrons. The summed E-state index contributed by atoms with van der Waals surface area (Å²) in [6.45, 7) is 8.27. The Bertz CT molecular complexity index is 796. The first-order valence-electron chi connectivity index (χ1n) is 11.2. The minimum atomic E-state index is -1.25. The van der Waals surface area contributed by atoms with Crippen LogP contribution in [0.5, 0.6) is 5.75 Å². The van der Waals surface area contributed by atoms with Crippen molar-refractivity contribution in [2.75, 3.05) is 33.3 Å². The lowest BCUT2D eigenvalue weighted by atomic mass is 10.2. The van der Waals surface area contributed by atoms with Crippen LogP contribution in [0, 0.1) is 0 Å². The maximum absolute atomic E-state index is 12.5. The lowest BCUT2D eigenvalue weighted by Crippen LogP contribution is -2.31. The monoisotopic (exact) mass is 448 g/mol. The van der Waals surface area contributed by atoms with Gasteiger partial charge in [0.25, 0.3) is 5.91 Å². The molecule has 0 saturated carbocycles. The molecule has 1 aromatic heterocycles. The minimum Gasteiger partial charge on any atom is -0.497 e. The number of unbranched alkanes of at least 4 members (excludes halogenated alkanes) is 2. The van der Waals surface area contributed by atoms with Gasteiger partial charge in [-0.05, 0) is 75.3 Å². The summed E-state index contributed by atoms with van der Waals surface area (Å²) < 4.78 is 23.3. The van der Waals surface area contributed by atoms with Crippen LogP contribution in [0.4, 0.5) is 0 Å². The van der Waals surface area contributed by atoms with Crippen LogP contribution < -0.4 is 10.1 Å². The molecule has 1 heterocycles. The van der Waals surface area contributed by atoms with Gasteiger partial charge in [0.2, 0.25) is 0 Å². The quantitative estimate of drug-likeness (QED) is 0.403. The van der Waals surface area contributed by atoms with E-state index in [1.54, 1.807) is 43.5 Å². The lowest BCUT2D eigenvalue weighted by Gasteiger charge is -2.21. The van der Waals surface area contributed by atoms with E-state index >= 15 is 0 Å². The van der Waals surface area contributed by atoms with E-state index in [1.165, 1.54) is 25.7 Å². The highest BCUT2D eigenvalue weighted by atomic mass is 32.2. The standard InChI is InChI=1S/C24H36N2O4S/c1-4-6-16-26(17-7-5-2)18-8-15-25-24(27)23-14-11-21(30-23)19-31(28)22-12-9-20(29-3)10-13-22/h9-14H,4-8,15-19H2,1-3H3,(H,25,27)/t31-/m0/s1. The van der Waals surface area contributed by atoms with E-state index in [0.717, 1.165) is 31.8 Å². The number of carbonyl (C=O) groups excluding carboxylic acids is 1. The van der Waals surface area contributed by atoms with Crippen molar-refractivity contribution in [1.82, 2.24) is 10.2 Å². The number of nitrogens with one attached hydrogen (secondary N) is 1. The molecular formula is C24H36N2O4S. The molecule has 1 aromatic carbocycles. The Balaban J connectivity index is 1.77. The molecule has 31 heavy (non-hydrogen) atoms.